The number of carbonyl (C=O) groups is 1. The molecule has 0 saturated carbocycles. The molecule has 1 unspecified atom stereocenters. The lowest BCUT2D eigenvalue weighted by molar-refractivity contribution is -0.145. The average Bonchev–Trinajstić information content (AvgIpc) is 2.05. The topological polar surface area (TPSA) is 41.6 Å². The minimum Gasteiger partial charge on any atom is -0.465 e. The van der Waals surface area contributed by atoms with Crippen molar-refractivity contribution in [2.45, 2.75) is 19.4 Å². The van der Waals surface area contributed by atoms with Gasteiger partial charge in [-0.05, 0) is 41.0 Å². The van der Waals surface area contributed by atoms with E-state index in [1.54, 1.807) is 7.05 Å². The lowest BCUT2D eigenvalue weighted by atomic mass is 10.2. The van der Waals surface area contributed by atoms with Crippen LogP contribution in [0.15, 0.2) is 0 Å². The summed E-state index contributed by atoms with van der Waals surface area (Å²) in [6.07, 6.45) is 0.780. The molecule has 0 spiro atoms. The Labute approximate surface area is 80.2 Å². The van der Waals surface area contributed by atoms with Crippen LogP contribution in [-0.4, -0.2) is 51.2 Å². The summed E-state index contributed by atoms with van der Waals surface area (Å²) in [5.74, 6) is -0.160. The molecule has 1 N–H and O–H groups in total. The molecule has 0 aliphatic heterocycles. The smallest absolute Gasteiger partial charge is 0.323 e. The zero-order valence-corrected chi connectivity index (χ0v) is 8.96. The van der Waals surface area contributed by atoms with E-state index in [0.29, 0.717) is 6.61 Å². The molecule has 0 aromatic rings. The normalized spacial score (nSPS) is 13.0. The molecule has 0 fully saturated rings. The van der Waals surface area contributed by atoms with Gasteiger partial charge in [0.1, 0.15) is 6.04 Å². The minimum absolute atomic E-state index is 0.160. The highest BCUT2D eigenvalue weighted by Gasteiger charge is 2.16. The molecule has 13 heavy (non-hydrogen) atoms. The first-order valence-corrected chi connectivity index (χ1v) is 4.60. The number of carbonyl (C=O) groups excluding carboxylic acids is 1. The van der Waals surface area contributed by atoms with Crippen LogP contribution in [0.5, 0.6) is 0 Å². The van der Waals surface area contributed by atoms with Crippen molar-refractivity contribution in [3.8, 4) is 0 Å². The molecule has 0 aliphatic carbocycles. The lowest BCUT2D eigenvalue weighted by Gasteiger charge is -2.16. The molecule has 0 amide bonds. The van der Waals surface area contributed by atoms with Crippen molar-refractivity contribution in [3.63, 3.8) is 0 Å². The fourth-order valence-corrected chi connectivity index (χ4v) is 1.01. The molecule has 0 bridgehead atoms. The third-order valence-corrected chi connectivity index (χ3v) is 1.78. The van der Waals surface area contributed by atoms with Crippen LogP contribution in [0.25, 0.3) is 0 Å². The van der Waals surface area contributed by atoms with Gasteiger partial charge >= 0.3 is 5.97 Å². The fraction of sp³-hybridized carbons (Fsp3) is 0.889. The van der Waals surface area contributed by atoms with Crippen LogP contribution >= 0.6 is 0 Å². The quantitative estimate of drug-likeness (QED) is 0.600. The van der Waals surface area contributed by atoms with Gasteiger partial charge in [-0.1, -0.05) is 0 Å². The monoisotopic (exact) mass is 188 g/mol. The van der Waals surface area contributed by atoms with Crippen LogP contribution in [0.1, 0.15) is 13.3 Å². The Bertz CT molecular complexity index is 149. The number of hydrogen-bond acceptors (Lipinski definition) is 4. The molecule has 0 aromatic carbocycles. The Balaban J connectivity index is 3.80. The maximum atomic E-state index is 11.3. The predicted molar refractivity (Wildman–Crippen MR) is 52.7 cm³/mol. The molecule has 0 heterocycles. The van der Waals surface area contributed by atoms with Gasteiger partial charge in [0.25, 0.3) is 0 Å². The molecule has 78 valence electrons. The molecule has 0 aliphatic rings. The molecular formula is C9H20N2O2. The summed E-state index contributed by atoms with van der Waals surface area (Å²) in [5, 5.41) is 2.94. The van der Waals surface area contributed by atoms with Crippen LogP contribution in [0.4, 0.5) is 0 Å². The number of ether oxygens (including phenoxy) is 1. The summed E-state index contributed by atoms with van der Waals surface area (Å²) in [5.41, 5.74) is 0. The maximum Gasteiger partial charge on any atom is 0.323 e. The summed E-state index contributed by atoms with van der Waals surface area (Å²) in [6.45, 7) is 3.14. The summed E-state index contributed by atoms with van der Waals surface area (Å²) in [7, 11) is 5.74. The standard InChI is InChI=1S/C9H20N2O2/c1-5-13-9(12)8(10-2)6-7-11(3)4/h8,10H,5-7H2,1-4H3. The maximum absolute atomic E-state index is 11.3. The molecule has 4 heteroatoms. The summed E-state index contributed by atoms with van der Waals surface area (Å²) in [6, 6.07) is -0.178. The average molecular weight is 188 g/mol. The molecule has 0 aromatic heterocycles. The molecular weight excluding hydrogens is 168 g/mol. The van der Waals surface area contributed by atoms with Gasteiger partial charge in [0.05, 0.1) is 6.61 Å². The summed E-state index contributed by atoms with van der Waals surface area (Å²) < 4.78 is 4.91. The van der Waals surface area contributed by atoms with E-state index in [9.17, 15) is 4.79 Å². The van der Waals surface area contributed by atoms with Gasteiger partial charge in [-0.25, -0.2) is 0 Å². The zero-order valence-electron chi connectivity index (χ0n) is 8.96. The van der Waals surface area contributed by atoms with Gasteiger partial charge in [0, 0.05) is 0 Å². The van der Waals surface area contributed by atoms with Crippen LogP contribution in [-0.2, 0) is 9.53 Å². The van der Waals surface area contributed by atoms with E-state index in [1.165, 1.54) is 0 Å². The predicted octanol–water partition coefficient (Wildman–Crippen LogP) is 0.0892. The van der Waals surface area contributed by atoms with Gasteiger partial charge in [-0.3, -0.25) is 4.79 Å². The van der Waals surface area contributed by atoms with E-state index in [-0.39, 0.29) is 12.0 Å². The van der Waals surface area contributed by atoms with E-state index in [0.717, 1.165) is 13.0 Å². The first-order chi connectivity index (χ1) is 6.11. The van der Waals surface area contributed by atoms with Crippen molar-refractivity contribution >= 4 is 5.97 Å². The molecule has 1 atom stereocenters. The van der Waals surface area contributed by atoms with Crippen LogP contribution in [0.3, 0.4) is 0 Å². The molecule has 0 saturated heterocycles. The van der Waals surface area contributed by atoms with Crippen molar-refractivity contribution in [3.05, 3.63) is 0 Å². The Hall–Kier alpha value is -0.610. The highest BCUT2D eigenvalue weighted by atomic mass is 16.5. The van der Waals surface area contributed by atoms with Crippen molar-refractivity contribution in [1.29, 1.82) is 0 Å². The first-order valence-electron chi connectivity index (χ1n) is 4.60. The lowest BCUT2D eigenvalue weighted by Crippen LogP contribution is -2.37. The third kappa shape index (κ3) is 5.60. The number of likely N-dealkylation sites (N-methyl/N-ethyl adjacent to an activating group) is 1. The van der Waals surface area contributed by atoms with Gasteiger partial charge in [0.2, 0.25) is 0 Å². The summed E-state index contributed by atoms with van der Waals surface area (Å²) in [4.78, 5) is 13.3. The fourth-order valence-electron chi connectivity index (χ4n) is 1.01. The van der Waals surface area contributed by atoms with Gasteiger partial charge in [-0.2, -0.15) is 0 Å². The second kappa shape index (κ2) is 6.86. The summed E-state index contributed by atoms with van der Waals surface area (Å²) >= 11 is 0. The third-order valence-electron chi connectivity index (χ3n) is 1.78. The van der Waals surface area contributed by atoms with Crippen LogP contribution < -0.4 is 5.32 Å². The second-order valence-electron chi connectivity index (χ2n) is 3.19. The van der Waals surface area contributed by atoms with Crippen molar-refractivity contribution in [2.24, 2.45) is 0 Å². The van der Waals surface area contributed by atoms with Gasteiger partial charge in [0.15, 0.2) is 0 Å². The number of nitrogens with zero attached hydrogens (tertiary/aromatic N) is 1. The number of rotatable bonds is 6. The minimum atomic E-state index is -0.178. The number of nitrogens with one attached hydrogen (secondary N) is 1. The highest BCUT2D eigenvalue weighted by molar-refractivity contribution is 5.75. The number of hydrogen-bond donors (Lipinski definition) is 1. The van der Waals surface area contributed by atoms with Crippen LogP contribution in [0, 0.1) is 0 Å². The highest BCUT2D eigenvalue weighted by Crippen LogP contribution is 1.96. The van der Waals surface area contributed by atoms with E-state index in [2.05, 4.69) is 5.32 Å². The first kappa shape index (κ1) is 12.4. The Kier molecular flexibility index (Phi) is 6.54. The Morgan fingerprint density at radius 3 is 2.54 bits per heavy atom. The molecule has 0 rings (SSSR count). The van der Waals surface area contributed by atoms with Crippen molar-refractivity contribution in [1.82, 2.24) is 10.2 Å². The molecule has 0 radical (unpaired) electrons. The largest absolute Gasteiger partial charge is 0.465 e. The van der Waals surface area contributed by atoms with Crippen molar-refractivity contribution in [2.75, 3.05) is 34.3 Å². The SMILES string of the molecule is CCOC(=O)C(CCN(C)C)NC. The van der Waals surface area contributed by atoms with E-state index >= 15 is 0 Å². The zero-order chi connectivity index (χ0) is 10.3. The van der Waals surface area contributed by atoms with E-state index in [4.69, 9.17) is 4.74 Å². The molecule has 4 nitrogen and oxygen atoms in total. The van der Waals surface area contributed by atoms with Crippen LogP contribution in [0.2, 0.25) is 0 Å². The van der Waals surface area contributed by atoms with E-state index in [1.807, 2.05) is 25.9 Å². The van der Waals surface area contributed by atoms with Gasteiger partial charge < -0.3 is 15.0 Å². The Morgan fingerprint density at radius 1 is 1.54 bits per heavy atom. The van der Waals surface area contributed by atoms with Gasteiger partial charge in [-0.15, -0.1) is 0 Å². The van der Waals surface area contributed by atoms with E-state index < -0.39 is 0 Å². The van der Waals surface area contributed by atoms with Crippen molar-refractivity contribution < 1.29 is 9.53 Å². The second-order valence-corrected chi connectivity index (χ2v) is 3.19. The Morgan fingerprint density at radius 2 is 2.15 bits per heavy atom. The number of esters is 1.